The maximum atomic E-state index is 13.8. The van der Waals surface area contributed by atoms with Gasteiger partial charge in [0.05, 0.1) is 5.56 Å². The summed E-state index contributed by atoms with van der Waals surface area (Å²) in [6.07, 6.45) is 2.11. The zero-order chi connectivity index (χ0) is 14.4. The summed E-state index contributed by atoms with van der Waals surface area (Å²) in [4.78, 5) is 15.8. The van der Waals surface area contributed by atoms with Gasteiger partial charge in [-0.2, -0.15) is 0 Å². The SMILES string of the molecule is CC1CCc2nc3c(F)cc(F)cc3c(C(=O)O)c2C1. The van der Waals surface area contributed by atoms with Crippen LogP contribution in [0, 0.1) is 17.6 Å². The molecule has 0 radical (unpaired) electrons. The molecule has 1 N–H and O–H groups in total. The van der Waals surface area contributed by atoms with Crippen molar-refractivity contribution in [3.8, 4) is 0 Å². The molecule has 0 aliphatic heterocycles. The van der Waals surface area contributed by atoms with Gasteiger partial charge in [0.15, 0.2) is 5.82 Å². The van der Waals surface area contributed by atoms with E-state index < -0.39 is 17.6 Å². The summed E-state index contributed by atoms with van der Waals surface area (Å²) in [5.74, 6) is -2.42. The molecule has 1 aromatic carbocycles. The van der Waals surface area contributed by atoms with E-state index in [2.05, 4.69) is 4.98 Å². The predicted molar refractivity (Wildman–Crippen MR) is 69.8 cm³/mol. The first-order valence-electron chi connectivity index (χ1n) is 6.51. The molecule has 3 rings (SSSR count). The van der Waals surface area contributed by atoms with Crippen molar-refractivity contribution >= 4 is 16.9 Å². The molecule has 0 saturated carbocycles. The number of rotatable bonds is 1. The Kier molecular flexibility index (Phi) is 2.92. The molecule has 1 aliphatic carbocycles. The molecule has 1 aromatic heterocycles. The lowest BCUT2D eigenvalue weighted by atomic mass is 9.84. The predicted octanol–water partition coefficient (Wildman–Crippen LogP) is 3.34. The summed E-state index contributed by atoms with van der Waals surface area (Å²) >= 11 is 0. The number of carboxylic acids is 1. The van der Waals surface area contributed by atoms with E-state index >= 15 is 0 Å². The van der Waals surface area contributed by atoms with Gasteiger partial charge in [-0.3, -0.25) is 0 Å². The fourth-order valence-electron chi connectivity index (χ4n) is 2.88. The van der Waals surface area contributed by atoms with Crippen LogP contribution in [0.5, 0.6) is 0 Å². The second-order valence-electron chi connectivity index (χ2n) is 5.35. The average molecular weight is 277 g/mol. The summed E-state index contributed by atoms with van der Waals surface area (Å²) in [5.41, 5.74) is 1.18. The lowest BCUT2D eigenvalue weighted by Crippen LogP contribution is -2.18. The van der Waals surface area contributed by atoms with Crippen LogP contribution in [0.2, 0.25) is 0 Å². The van der Waals surface area contributed by atoms with Crippen molar-refractivity contribution in [2.45, 2.75) is 26.2 Å². The first-order valence-corrected chi connectivity index (χ1v) is 6.51. The van der Waals surface area contributed by atoms with Gasteiger partial charge in [-0.1, -0.05) is 6.92 Å². The first kappa shape index (κ1) is 13.0. The highest BCUT2D eigenvalue weighted by Crippen LogP contribution is 2.32. The van der Waals surface area contributed by atoms with Crippen LogP contribution in [0.4, 0.5) is 8.78 Å². The summed E-state index contributed by atoms with van der Waals surface area (Å²) in [7, 11) is 0. The van der Waals surface area contributed by atoms with Crippen molar-refractivity contribution in [1.82, 2.24) is 4.98 Å². The molecule has 1 aliphatic rings. The van der Waals surface area contributed by atoms with Crippen LogP contribution < -0.4 is 0 Å². The fraction of sp³-hybridized carbons (Fsp3) is 0.333. The second-order valence-corrected chi connectivity index (χ2v) is 5.35. The molecule has 1 unspecified atom stereocenters. The van der Waals surface area contributed by atoms with Crippen molar-refractivity contribution in [2.24, 2.45) is 5.92 Å². The van der Waals surface area contributed by atoms with Crippen LogP contribution in [0.1, 0.15) is 35.0 Å². The maximum Gasteiger partial charge on any atom is 0.336 e. The zero-order valence-electron chi connectivity index (χ0n) is 10.9. The third kappa shape index (κ3) is 1.94. The Morgan fingerprint density at radius 1 is 1.40 bits per heavy atom. The molecule has 20 heavy (non-hydrogen) atoms. The van der Waals surface area contributed by atoms with Crippen LogP contribution in [-0.4, -0.2) is 16.1 Å². The largest absolute Gasteiger partial charge is 0.478 e. The molecule has 2 aromatic rings. The van der Waals surface area contributed by atoms with Gasteiger partial charge in [0.1, 0.15) is 11.3 Å². The number of aryl methyl sites for hydroxylation is 1. The first-order chi connectivity index (χ1) is 9.47. The third-order valence-electron chi connectivity index (χ3n) is 3.83. The summed E-state index contributed by atoms with van der Waals surface area (Å²) in [6, 6.07) is 1.78. The highest BCUT2D eigenvalue weighted by Gasteiger charge is 2.26. The number of hydrogen-bond acceptors (Lipinski definition) is 2. The van der Waals surface area contributed by atoms with Gasteiger partial charge in [-0.25, -0.2) is 18.6 Å². The van der Waals surface area contributed by atoms with E-state index in [1.165, 1.54) is 0 Å². The Hall–Kier alpha value is -2.04. The van der Waals surface area contributed by atoms with Crippen LogP contribution in [0.3, 0.4) is 0 Å². The van der Waals surface area contributed by atoms with Crippen molar-refractivity contribution in [1.29, 1.82) is 0 Å². The van der Waals surface area contributed by atoms with Gasteiger partial charge in [0.25, 0.3) is 0 Å². The van der Waals surface area contributed by atoms with E-state index in [4.69, 9.17) is 0 Å². The number of carboxylic acid groups (broad SMARTS) is 1. The van der Waals surface area contributed by atoms with E-state index in [1.807, 2.05) is 6.92 Å². The van der Waals surface area contributed by atoms with Crippen molar-refractivity contribution in [3.05, 3.63) is 40.6 Å². The molecule has 1 atom stereocenters. The number of fused-ring (bicyclic) bond motifs is 2. The number of benzene rings is 1. The summed E-state index contributed by atoms with van der Waals surface area (Å²) in [6.45, 7) is 2.03. The summed E-state index contributed by atoms with van der Waals surface area (Å²) in [5, 5.41) is 9.48. The number of aromatic nitrogens is 1. The number of carbonyl (C=O) groups is 1. The van der Waals surface area contributed by atoms with Crippen LogP contribution >= 0.6 is 0 Å². The standard InChI is InChI=1S/C15H13F2NO2/c1-7-2-3-12-9(4-7)13(15(19)20)10-5-8(16)6-11(17)14(10)18-12/h5-7H,2-4H2,1H3,(H,19,20). The van der Waals surface area contributed by atoms with Crippen LogP contribution in [0.25, 0.3) is 10.9 Å². The number of nitrogens with zero attached hydrogens (tertiary/aromatic N) is 1. The molecule has 0 spiro atoms. The number of hydrogen-bond donors (Lipinski definition) is 1. The van der Waals surface area contributed by atoms with Gasteiger partial charge in [-0.05, 0) is 36.8 Å². The maximum absolute atomic E-state index is 13.8. The van der Waals surface area contributed by atoms with E-state index in [9.17, 15) is 18.7 Å². The molecule has 1 heterocycles. The van der Waals surface area contributed by atoms with Crippen LogP contribution in [-0.2, 0) is 12.8 Å². The molecule has 3 nitrogen and oxygen atoms in total. The molecular formula is C15H13F2NO2. The molecular weight excluding hydrogens is 264 g/mol. The average Bonchev–Trinajstić information content (AvgIpc) is 2.36. The van der Waals surface area contributed by atoms with Gasteiger partial charge in [0.2, 0.25) is 0 Å². The Morgan fingerprint density at radius 2 is 2.15 bits per heavy atom. The van der Waals surface area contributed by atoms with Gasteiger partial charge >= 0.3 is 5.97 Å². The summed E-state index contributed by atoms with van der Waals surface area (Å²) < 4.78 is 27.2. The Balaban J connectivity index is 2.42. The molecule has 0 saturated heterocycles. The van der Waals surface area contributed by atoms with Gasteiger partial charge in [0, 0.05) is 17.1 Å². The van der Waals surface area contributed by atoms with E-state index in [1.54, 1.807) is 0 Å². The Bertz CT molecular complexity index is 728. The second kappa shape index (κ2) is 4.51. The topological polar surface area (TPSA) is 50.2 Å². The van der Waals surface area contributed by atoms with E-state index in [0.717, 1.165) is 18.6 Å². The normalized spacial score (nSPS) is 18.1. The van der Waals surface area contributed by atoms with E-state index in [-0.39, 0.29) is 16.5 Å². The lowest BCUT2D eigenvalue weighted by molar-refractivity contribution is 0.0697. The minimum Gasteiger partial charge on any atom is -0.478 e. The minimum absolute atomic E-state index is 0.00468. The molecule has 104 valence electrons. The third-order valence-corrected chi connectivity index (χ3v) is 3.83. The van der Waals surface area contributed by atoms with Crippen molar-refractivity contribution in [2.75, 3.05) is 0 Å². The van der Waals surface area contributed by atoms with Gasteiger partial charge in [-0.15, -0.1) is 0 Å². The number of pyridine rings is 1. The van der Waals surface area contributed by atoms with E-state index in [0.29, 0.717) is 30.0 Å². The number of halogens is 2. The minimum atomic E-state index is -1.16. The molecule has 0 bridgehead atoms. The lowest BCUT2D eigenvalue weighted by Gasteiger charge is -2.23. The number of aromatic carboxylic acids is 1. The Morgan fingerprint density at radius 3 is 2.85 bits per heavy atom. The molecule has 0 fully saturated rings. The highest BCUT2D eigenvalue weighted by atomic mass is 19.1. The van der Waals surface area contributed by atoms with Gasteiger partial charge < -0.3 is 5.11 Å². The smallest absolute Gasteiger partial charge is 0.336 e. The van der Waals surface area contributed by atoms with Crippen molar-refractivity contribution in [3.63, 3.8) is 0 Å². The zero-order valence-corrected chi connectivity index (χ0v) is 10.9. The molecule has 5 heteroatoms. The highest BCUT2D eigenvalue weighted by molar-refractivity contribution is 6.04. The van der Waals surface area contributed by atoms with Crippen molar-refractivity contribution < 1.29 is 18.7 Å². The molecule has 0 amide bonds. The van der Waals surface area contributed by atoms with Crippen LogP contribution in [0.15, 0.2) is 12.1 Å². The Labute approximate surface area is 114 Å². The quantitative estimate of drug-likeness (QED) is 0.869. The fourth-order valence-corrected chi connectivity index (χ4v) is 2.88. The monoisotopic (exact) mass is 277 g/mol.